The molecule has 0 aliphatic carbocycles. The van der Waals surface area contributed by atoms with Gasteiger partial charge in [-0.2, -0.15) is 8.78 Å². The first-order valence-corrected chi connectivity index (χ1v) is 6.15. The van der Waals surface area contributed by atoms with Crippen LogP contribution in [0.5, 0.6) is 0 Å². The molecule has 98 valence electrons. The Bertz CT molecular complexity index is 383. The minimum absolute atomic E-state index is 0.357. The third-order valence-electron chi connectivity index (χ3n) is 2.11. The highest BCUT2D eigenvalue weighted by atomic mass is 35.5. The van der Waals surface area contributed by atoms with Crippen LogP contribution in [0.2, 0.25) is 8.67 Å². The molecule has 8 heteroatoms. The van der Waals surface area contributed by atoms with Gasteiger partial charge in [0.2, 0.25) is 0 Å². The van der Waals surface area contributed by atoms with E-state index in [1.807, 2.05) is 0 Å². The molecule has 1 N–H and O–H groups in total. The van der Waals surface area contributed by atoms with Crippen LogP contribution < -0.4 is 5.32 Å². The molecule has 1 unspecified atom stereocenters. The zero-order valence-electron chi connectivity index (χ0n) is 8.62. The van der Waals surface area contributed by atoms with Gasteiger partial charge in [0, 0.05) is 6.04 Å². The number of alkyl halides is 4. The largest absolute Gasteiger partial charge is 0.319 e. The van der Waals surface area contributed by atoms with E-state index in [-0.39, 0.29) is 0 Å². The molecule has 0 fully saturated rings. The molecule has 0 aromatic carbocycles. The lowest BCUT2D eigenvalue weighted by molar-refractivity contribution is -0.126. The summed E-state index contributed by atoms with van der Waals surface area (Å²) in [6.07, 6.45) is -3.69. The van der Waals surface area contributed by atoms with Gasteiger partial charge in [-0.25, -0.2) is 8.78 Å². The van der Waals surface area contributed by atoms with Crippen molar-refractivity contribution < 1.29 is 17.6 Å². The van der Waals surface area contributed by atoms with E-state index in [9.17, 15) is 17.6 Å². The predicted molar refractivity (Wildman–Crippen MR) is 61.7 cm³/mol. The first-order chi connectivity index (χ1) is 7.74. The van der Waals surface area contributed by atoms with E-state index in [4.69, 9.17) is 23.2 Å². The van der Waals surface area contributed by atoms with Gasteiger partial charge in [0.25, 0.3) is 0 Å². The summed E-state index contributed by atoms with van der Waals surface area (Å²) in [5.41, 5.74) is 0.520. The first-order valence-electron chi connectivity index (χ1n) is 4.58. The third-order valence-corrected chi connectivity index (χ3v) is 3.63. The van der Waals surface area contributed by atoms with E-state index in [1.165, 1.54) is 6.07 Å². The number of thiophene rings is 1. The van der Waals surface area contributed by atoms with E-state index in [0.29, 0.717) is 14.2 Å². The highest BCUT2D eigenvalue weighted by Crippen LogP contribution is 2.35. The van der Waals surface area contributed by atoms with Crippen molar-refractivity contribution in [3.63, 3.8) is 0 Å². The minimum atomic E-state index is -4.06. The molecular weight excluding hydrogens is 301 g/mol. The zero-order valence-corrected chi connectivity index (χ0v) is 10.9. The van der Waals surface area contributed by atoms with Crippen LogP contribution in [0.3, 0.4) is 0 Å². The van der Waals surface area contributed by atoms with E-state index in [2.05, 4.69) is 5.32 Å². The number of rotatable bonds is 5. The maximum atomic E-state index is 12.7. The summed E-state index contributed by atoms with van der Waals surface area (Å²) in [5.74, 6) is -4.06. The lowest BCUT2D eigenvalue weighted by Crippen LogP contribution is -2.39. The molecule has 0 saturated heterocycles. The normalized spacial score (nSPS) is 14.4. The van der Waals surface area contributed by atoms with Crippen LogP contribution >= 0.6 is 34.5 Å². The van der Waals surface area contributed by atoms with Crippen LogP contribution in [0, 0.1) is 0 Å². The summed E-state index contributed by atoms with van der Waals surface area (Å²) >= 11 is 12.6. The van der Waals surface area contributed by atoms with E-state index >= 15 is 0 Å². The maximum Gasteiger partial charge on any atom is 0.319 e. The monoisotopic (exact) mass is 309 g/mol. The summed E-state index contributed by atoms with van der Waals surface area (Å²) in [6, 6.07) is 0.947. The Hall–Kier alpha value is -0.0400. The van der Waals surface area contributed by atoms with Gasteiger partial charge < -0.3 is 5.32 Å². The summed E-state index contributed by atoms with van der Waals surface area (Å²) in [5, 5.41) is 2.31. The van der Waals surface area contributed by atoms with Gasteiger partial charge in [0.1, 0.15) is 0 Å². The minimum Gasteiger partial charge on any atom is -0.304 e. The second-order valence-corrected chi connectivity index (χ2v) is 5.73. The topological polar surface area (TPSA) is 12.0 Å². The molecule has 1 aromatic heterocycles. The quantitative estimate of drug-likeness (QED) is 0.783. The lowest BCUT2D eigenvalue weighted by Gasteiger charge is -2.19. The number of halogens is 6. The lowest BCUT2D eigenvalue weighted by atomic mass is 10.2. The van der Waals surface area contributed by atoms with Crippen molar-refractivity contribution in [1.29, 1.82) is 0 Å². The molecule has 1 nitrogen and oxygen atoms in total. The molecule has 1 atom stereocenters. The molecule has 1 rings (SSSR count). The van der Waals surface area contributed by atoms with Gasteiger partial charge in [0.05, 0.1) is 15.2 Å². The highest BCUT2D eigenvalue weighted by Gasteiger charge is 2.40. The van der Waals surface area contributed by atoms with Crippen molar-refractivity contribution in [2.75, 3.05) is 6.54 Å². The molecular formula is C9H9Cl2F4NS. The van der Waals surface area contributed by atoms with Crippen LogP contribution in [0.1, 0.15) is 18.5 Å². The number of nitrogens with one attached hydrogen (secondary N) is 1. The SMILES string of the molecule is CC(NCC(F)(F)C(F)F)c1cc(Cl)sc1Cl. The Labute approximate surface area is 110 Å². The Morgan fingerprint density at radius 2 is 2.00 bits per heavy atom. The van der Waals surface area contributed by atoms with Crippen molar-refractivity contribution in [1.82, 2.24) is 5.32 Å². The smallest absolute Gasteiger partial charge is 0.304 e. The molecule has 0 saturated carbocycles. The summed E-state index contributed by atoms with van der Waals surface area (Å²) < 4.78 is 49.9. The van der Waals surface area contributed by atoms with Crippen LogP contribution in [0.15, 0.2) is 6.07 Å². The third kappa shape index (κ3) is 3.98. The molecule has 0 amide bonds. The van der Waals surface area contributed by atoms with Crippen molar-refractivity contribution in [3.05, 3.63) is 20.3 Å². The fraction of sp³-hybridized carbons (Fsp3) is 0.556. The van der Waals surface area contributed by atoms with Crippen molar-refractivity contribution in [2.24, 2.45) is 0 Å². The fourth-order valence-electron chi connectivity index (χ4n) is 1.12. The molecule has 0 aliphatic rings. The molecule has 1 heterocycles. The Kier molecular flexibility index (Phi) is 5.07. The number of hydrogen-bond acceptors (Lipinski definition) is 2. The molecule has 1 aromatic rings. The summed E-state index contributed by atoms with van der Waals surface area (Å²) in [6.45, 7) is 0.432. The maximum absolute atomic E-state index is 12.7. The summed E-state index contributed by atoms with van der Waals surface area (Å²) in [7, 11) is 0. The highest BCUT2D eigenvalue weighted by molar-refractivity contribution is 7.20. The Balaban J connectivity index is 2.62. The van der Waals surface area contributed by atoms with Crippen LogP contribution in [-0.4, -0.2) is 18.9 Å². The average Bonchev–Trinajstić information content (AvgIpc) is 2.54. The Morgan fingerprint density at radius 3 is 2.41 bits per heavy atom. The van der Waals surface area contributed by atoms with Gasteiger partial charge in [-0.05, 0) is 18.6 Å². The molecule has 0 radical (unpaired) electrons. The average molecular weight is 310 g/mol. The standard InChI is InChI=1S/C9H9Cl2F4NS/c1-4(5-2-6(10)17-7(5)11)16-3-9(14,15)8(12)13/h2,4,8,16H,3H2,1H3. The predicted octanol–water partition coefficient (Wildman–Crippen LogP) is 4.61. The Morgan fingerprint density at radius 1 is 1.41 bits per heavy atom. The van der Waals surface area contributed by atoms with Crippen LogP contribution in [-0.2, 0) is 0 Å². The summed E-state index contributed by atoms with van der Waals surface area (Å²) in [4.78, 5) is 0. The molecule has 0 bridgehead atoms. The van der Waals surface area contributed by atoms with Crippen molar-refractivity contribution in [2.45, 2.75) is 25.3 Å². The first kappa shape index (κ1) is 15.0. The molecule has 17 heavy (non-hydrogen) atoms. The van der Waals surface area contributed by atoms with E-state index in [0.717, 1.165) is 11.3 Å². The second kappa shape index (κ2) is 5.73. The van der Waals surface area contributed by atoms with Gasteiger partial charge >= 0.3 is 12.3 Å². The van der Waals surface area contributed by atoms with Gasteiger partial charge in [-0.15, -0.1) is 11.3 Å². The van der Waals surface area contributed by atoms with Gasteiger partial charge in [0.15, 0.2) is 0 Å². The number of hydrogen-bond donors (Lipinski definition) is 1. The van der Waals surface area contributed by atoms with Crippen molar-refractivity contribution in [3.8, 4) is 0 Å². The van der Waals surface area contributed by atoms with E-state index in [1.54, 1.807) is 6.92 Å². The molecule has 0 aliphatic heterocycles. The second-order valence-electron chi connectivity index (χ2n) is 3.44. The van der Waals surface area contributed by atoms with Gasteiger partial charge in [-0.3, -0.25) is 0 Å². The molecule has 0 spiro atoms. The van der Waals surface area contributed by atoms with Crippen LogP contribution in [0.25, 0.3) is 0 Å². The van der Waals surface area contributed by atoms with Crippen LogP contribution in [0.4, 0.5) is 17.6 Å². The van der Waals surface area contributed by atoms with E-state index < -0.39 is 24.9 Å². The zero-order chi connectivity index (χ0) is 13.2. The fourth-order valence-corrected chi connectivity index (χ4v) is 2.77. The van der Waals surface area contributed by atoms with Crippen molar-refractivity contribution >= 4 is 34.5 Å². The van der Waals surface area contributed by atoms with Gasteiger partial charge in [-0.1, -0.05) is 23.2 Å².